The lowest BCUT2D eigenvalue weighted by atomic mass is 10.1. The monoisotopic (exact) mass is 503 g/mol. The molecule has 0 spiro atoms. The van der Waals surface area contributed by atoms with Crippen molar-refractivity contribution in [1.29, 1.82) is 0 Å². The molecule has 6 nitrogen and oxygen atoms in total. The van der Waals surface area contributed by atoms with Crippen LogP contribution in [0.4, 0.5) is 5.69 Å². The lowest BCUT2D eigenvalue weighted by Gasteiger charge is -2.34. The molecule has 1 fully saturated rings. The summed E-state index contributed by atoms with van der Waals surface area (Å²) >= 11 is 12.1. The van der Waals surface area contributed by atoms with Crippen LogP contribution in [-0.2, 0) is 16.6 Å². The third kappa shape index (κ3) is 5.75. The van der Waals surface area contributed by atoms with E-state index in [0.29, 0.717) is 58.9 Å². The Morgan fingerprint density at radius 3 is 2.33 bits per heavy atom. The van der Waals surface area contributed by atoms with Gasteiger partial charge in [-0.2, -0.15) is 4.31 Å². The first-order chi connectivity index (χ1) is 15.8. The van der Waals surface area contributed by atoms with Gasteiger partial charge < -0.3 is 5.32 Å². The molecular weight excluding hydrogens is 481 g/mol. The second kappa shape index (κ2) is 10.2. The standard InChI is InChI=1S/C24H23Cl2N3O3S/c25-20-9-10-22(26)23(16-20)27-24(30)19-6-4-5-18(15-19)17-28-11-13-29(14-12-28)33(31,32)21-7-2-1-3-8-21/h1-10,15-16H,11-14,17H2,(H,27,30). The normalized spacial score (nSPS) is 15.3. The number of nitrogens with one attached hydrogen (secondary N) is 1. The highest BCUT2D eigenvalue weighted by molar-refractivity contribution is 7.89. The molecule has 0 aromatic heterocycles. The fourth-order valence-corrected chi connectivity index (χ4v) is 5.51. The number of hydrogen-bond acceptors (Lipinski definition) is 4. The second-order valence-corrected chi connectivity index (χ2v) is 10.6. The smallest absolute Gasteiger partial charge is 0.255 e. The maximum atomic E-state index is 12.8. The van der Waals surface area contributed by atoms with Crippen molar-refractivity contribution >= 4 is 44.8 Å². The predicted molar refractivity (Wildman–Crippen MR) is 131 cm³/mol. The van der Waals surface area contributed by atoms with Gasteiger partial charge in [-0.25, -0.2) is 8.42 Å². The zero-order chi connectivity index (χ0) is 23.4. The number of benzene rings is 3. The quantitative estimate of drug-likeness (QED) is 0.526. The first kappa shape index (κ1) is 23.7. The second-order valence-electron chi connectivity index (χ2n) is 7.77. The fourth-order valence-electron chi connectivity index (χ4n) is 3.73. The molecule has 1 amide bonds. The van der Waals surface area contributed by atoms with Crippen molar-refractivity contribution in [2.24, 2.45) is 0 Å². The molecule has 4 rings (SSSR count). The van der Waals surface area contributed by atoms with Crippen LogP contribution in [0.1, 0.15) is 15.9 Å². The van der Waals surface area contributed by atoms with Crippen molar-refractivity contribution in [1.82, 2.24) is 9.21 Å². The van der Waals surface area contributed by atoms with Gasteiger partial charge in [-0.05, 0) is 48.0 Å². The Bertz CT molecular complexity index is 1240. The summed E-state index contributed by atoms with van der Waals surface area (Å²) in [4.78, 5) is 15.2. The number of rotatable bonds is 6. The molecule has 0 aliphatic carbocycles. The van der Waals surface area contributed by atoms with Gasteiger partial charge in [-0.3, -0.25) is 9.69 Å². The van der Waals surface area contributed by atoms with Crippen molar-refractivity contribution < 1.29 is 13.2 Å². The molecule has 0 unspecified atom stereocenters. The van der Waals surface area contributed by atoms with Gasteiger partial charge in [0, 0.05) is 43.3 Å². The van der Waals surface area contributed by atoms with Crippen molar-refractivity contribution in [2.45, 2.75) is 11.4 Å². The van der Waals surface area contributed by atoms with E-state index in [1.54, 1.807) is 54.6 Å². The molecule has 1 saturated heterocycles. The number of piperazine rings is 1. The van der Waals surface area contributed by atoms with Crippen LogP contribution in [0.3, 0.4) is 0 Å². The van der Waals surface area contributed by atoms with E-state index in [-0.39, 0.29) is 5.91 Å². The van der Waals surface area contributed by atoms with Gasteiger partial charge in [0.25, 0.3) is 5.91 Å². The molecule has 9 heteroatoms. The number of hydrogen-bond donors (Lipinski definition) is 1. The molecule has 1 aliphatic heterocycles. The molecule has 0 saturated carbocycles. The highest BCUT2D eigenvalue weighted by atomic mass is 35.5. The molecular formula is C24H23Cl2N3O3S. The van der Waals surface area contributed by atoms with Crippen LogP contribution in [0.25, 0.3) is 0 Å². The third-order valence-corrected chi connectivity index (χ3v) is 7.96. The van der Waals surface area contributed by atoms with E-state index in [9.17, 15) is 13.2 Å². The summed E-state index contributed by atoms with van der Waals surface area (Å²) in [5.74, 6) is -0.278. The van der Waals surface area contributed by atoms with E-state index in [0.717, 1.165) is 5.56 Å². The minimum absolute atomic E-state index is 0.278. The largest absolute Gasteiger partial charge is 0.321 e. The molecule has 172 valence electrons. The van der Waals surface area contributed by atoms with Gasteiger partial charge in [0.1, 0.15) is 0 Å². The van der Waals surface area contributed by atoms with Crippen molar-refractivity contribution in [3.63, 3.8) is 0 Å². The summed E-state index contributed by atoms with van der Waals surface area (Å²) in [6, 6.07) is 20.8. The maximum Gasteiger partial charge on any atom is 0.255 e. The average Bonchev–Trinajstić information content (AvgIpc) is 2.82. The molecule has 1 aliphatic rings. The minimum Gasteiger partial charge on any atom is -0.321 e. The lowest BCUT2D eigenvalue weighted by molar-refractivity contribution is 0.102. The first-order valence-electron chi connectivity index (χ1n) is 10.5. The maximum absolute atomic E-state index is 12.8. The van der Waals surface area contributed by atoms with Gasteiger partial charge in [-0.1, -0.05) is 53.5 Å². The molecule has 0 atom stereocenters. The van der Waals surface area contributed by atoms with E-state index in [4.69, 9.17) is 23.2 Å². The zero-order valence-corrected chi connectivity index (χ0v) is 20.1. The Hall–Kier alpha value is -2.42. The molecule has 0 radical (unpaired) electrons. The summed E-state index contributed by atoms with van der Waals surface area (Å²) in [6.45, 7) is 2.69. The molecule has 1 N–H and O–H groups in total. The Labute approximate surface area is 203 Å². The highest BCUT2D eigenvalue weighted by Gasteiger charge is 2.28. The van der Waals surface area contributed by atoms with Gasteiger partial charge in [0.15, 0.2) is 0 Å². The fraction of sp³-hybridized carbons (Fsp3) is 0.208. The number of carbonyl (C=O) groups is 1. The first-order valence-corrected chi connectivity index (χ1v) is 12.7. The summed E-state index contributed by atoms with van der Waals surface area (Å²) in [6.07, 6.45) is 0. The number of halogens is 2. The van der Waals surface area contributed by atoms with E-state index in [1.165, 1.54) is 4.31 Å². The van der Waals surface area contributed by atoms with Gasteiger partial charge >= 0.3 is 0 Å². The van der Waals surface area contributed by atoms with E-state index < -0.39 is 10.0 Å². The van der Waals surface area contributed by atoms with E-state index >= 15 is 0 Å². The van der Waals surface area contributed by atoms with E-state index in [1.807, 2.05) is 18.2 Å². The van der Waals surface area contributed by atoms with Crippen LogP contribution in [0.5, 0.6) is 0 Å². The number of carbonyl (C=O) groups excluding carboxylic acids is 1. The topological polar surface area (TPSA) is 69.7 Å². The Kier molecular flexibility index (Phi) is 7.36. The number of anilines is 1. The number of amides is 1. The summed E-state index contributed by atoms with van der Waals surface area (Å²) in [5, 5.41) is 3.69. The van der Waals surface area contributed by atoms with Crippen LogP contribution >= 0.6 is 23.2 Å². The Morgan fingerprint density at radius 1 is 0.879 bits per heavy atom. The summed E-state index contributed by atoms with van der Waals surface area (Å²) < 4.78 is 27.1. The molecule has 33 heavy (non-hydrogen) atoms. The molecule has 3 aromatic rings. The number of sulfonamides is 1. The molecule has 3 aromatic carbocycles. The van der Waals surface area contributed by atoms with Crippen molar-refractivity contribution in [3.05, 3.63) is 94.0 Å². The number of nitrogens with zero attached hydrogens (tertiary/aromatic N) is 2. The molecule has 1 heterocycles. The van der Waals surface area contributed by atoms with Crippen LogP contribution in [-0.4, -0.2) is 49.7 Å². The van der Waals surface area contributed by atoms with Gasteiger partial charge in [0.2, 0.25) is 10.0 Å². The van der Waals surface area contributed by atoms with E-state index in [2.05, 4.69) is 10.2 Å². The molecule has 0 bridgehead atoms. The summed E-state index contributed by atoms with van der Waals surface area (Å²) in [5.41, 5.74) is 1.93. The Morgan fingerprint density at radius 2 is 1.61 bits per heavy atom. The van der Waals surface area contributed by atoms with Crippen LogP contribution in [0, 0.1) is 0 Å². The SMILES string of the molecule is O=C(Nc1cc(Cl)ccc1Cl)c1cccc(CN2CCN(S(=O)(=O)c3ccccc3)CC2)c1. The Balaban J connectivity index is 1.37. The van der Waals surface area contributed by atoms with Crippen LogP contribution < -0.4 is 5.32 Å². The van der Waals surface area contributed by atoms with Gasteiger partial charge in [-0.15, -0.1) is 0 Å². The van der Waals surface area contributed by atoms with Crippen molar-refractivity contribution in [2.75, 3.05) is 31.5 Å². The average molecular weight is 504 g/mol. The van der Waals surface area contributed by atoms with Crippen molar-refractivity contribution in [3.8, 4) is 0 Å². The minimum atomic E-state index is -3.48. The lowest BCUT2D eigenvalue weighted by Crippen LogP contribution is -2.48. The highest BCUT2D eigenvalue weighted by Crippen LogP contribution is 2.26. The predicted octanol–water partition coefficient (Wildman–Crippen LogP) is 4.75. The van der Waals surface area contributed by atoms with Crippen LogP contribution in [0.15, 0.2) is 77.7 Å². The van der Waals surface area contributed by atoms with Gasteiger partial charge in [0.05, 0.1) is 15.6 Å². The third-order valence-electron chi connectivity index (χ3n) is 5.48. The summed E-state index contributed by atoms with van der Waals surface area (Å²) in [7, 11) is -3.48. The zero-order valence-electron chi connectivity index (χ0n) is 17.7. The van der Waals surface area contributed by atoms with Crippen LogP contribution in [0.2, 0.25) is 10.0 Å².